The third-order valence-corrected chi connectivity index (χ3v) is 4.40. The standard InChI is InChI=1S/C15H21IN2O/c1-12-5-6-13(14(16)11-12)15(19)17-7-4-10-18-8-2-3-9-18/h5-6,11H,2-4,7-10H2,1H3,(H,17,19). The lowest BCUT2D eigenvalue weighted by molar-refractivity contribution is 0.0951. The average Bonchev–Trinajstić information content (AvgIpc) is 2.87. The molecule has 0 saturated carbocycles. The summed E-state index contributed by atoms with van der Waals surface area (Å²) in [6.07, 6.45) is 3.69. The molecule has 19 heavy (non-hydrogen) atoms. The molecule has 3 nitrogen and oxygen atoms in total. The van der Waals surface area contributed by atoms with Crippen molar-refractivity contribution in [2.24, 2.45) is 0 Å². The predicted molar refractivity (Wildman–Crippen MR) is 86.5 cm³/mol. The number of hydrogen-bond donors (Lipinski definition) is 1. The van der Waals surface area contributed by atoms with Gasteiger partial charge in [-0.05, 0) is 80.5 Å². The molecule has 0 atom stereocenters. The second-order valence-corrected chi connectivity index (χ2v) is 6.30. The van der Waals surface area contributed by atoms with Gasteiger partial charge in [0.15, 0.2) is 0 Å². The number of benzene rings is 1. The van der Waals surface area contributed by atoms with Gasteiger partial charge in [-0.1, -0.05) is 11.6 Å². The lowest BCUT2D eigenvalue weighted by Gasteiger charge is -2.14. The van der Waals surface area contributed by atoms with Gasteiger partial charge in [-0.25, -0.2) is 0 Å². The number of halogens is 1. The van der Waals surface area contributed by atoms with E-state index in [2.05, 4.69) is 32.8 Å². The second kappa shape index (κ2) is 7.24. The molecule has 1 aliphatic heterocycles. The van der Waals surface area contributed by atoms with Crippen LogP contribution in [0.25, 0.3) is 0 Å². The maximum absolute atomic E-state index is 12.0. The summed E-state index contributed by atoms with van der Waals surface area (Å²) in [6, 6.07) is 5.94. The van der Waals surface area contributed by atoms with E-state index in [1.165, 1.54) is 31.5 Å². The maximum Gasteiger partial charge on any atom is 0.252 e. The van der Waals surface area contributed by atoms with Gasteiger partial charge in [0.2, 0.25) is 0 Å². The van der Waals surface area contributed by atoms with E-state index < -0.39 is 0 Å². The van der Waals surface area contributed by atoms with E-state index in [0.717, 1.165) is 28.6 Å². The summed E-state index contributed by atoms with van der Waals surface area (Å²) >= 11 is 2.22. The minimum absolute atomic E-state index is 0.0471. The summed E-state index contributed by atoms with van der Waals surface area (Å²) in [6.45, 7) is 6.36. The van der Waals surface area contributed by atoms with Gasteiger partial charge in [0.05, 0.1) is 5.56 Å². The molecule has 0 aromatic heterocycles. The fourth-order valence-corrected chi connectivity index (χ4v) is 3.33. The Labute approximate surface area is 128 Å². The molecule has 1 saturated heterocycles. The lowest BCUT2D eigenvalue weighted by Crippen LogP contribution is -2.29. The fraction of sp³-hybridized carbons (Fsp3) is 0.533. The number of rotatable bonds is 5. The van der Waals surface area contributed by atoms with E-state index in [9.17, 15) is 4.79 Å². The number of carbonyl (C=O) groups excluding carboxylic acids is 1. The summed E-state index contributed by atoms with van der Waals surface area (Å²) in [5, 5.41) is 3.01. The highest BCUT2D eigenvalue weighted by molar-refractivity contribution is 14.1. The highest BCUT2D eigenvalue weighted by Gasteiger charge is 2.12. The number of nitrogens with zero attached hydrogens (tertiary/aromatic N) is 1. The number of aryl methyl sites for hydroxylation is 1. The smallest absolute Gasteiger partial charge is 0.252 e. The first-order valence-electron chi connectivity index (χ1n) is 6.93. The number of hydrogen-bond acceptors (Lipinski definition) is 2. The molecule has 1 N–H and O–H groups in total. The molecule has 0 bridgehead atoms. The normalized spacial score (nSPS) is 15.7. The van der Waals surface area contributed by atoms with E-state index in [4.69, 9.17) is 0 Å². The van der Waals surface area contributed by atoms with Gasteiger partial charge in [0.25, 0.3) is 5.91 Å². The van der Waals surface area contributed by atoms with Crippen molar-refractivity contribution < 1.29 is 4.79 Å². The minimum Gasteiger partial charge on any atom is -0.352 e. The van der Waals surface area contributed by atoms with Crippen molar-refractivity contribution in [1.82, 2.24) is 10.2 Å². The Morgan fingerprint density at radius 1 is 1.37 bits per heavy atom. The van der Waals surface area contributed by atoms with Gasteiger partial charge in [-0.15, -0.1) is 0 Å². The van der Waals surface area contributed by atoms with Crippen LogP contribution in [0.1, 0.15) is 35.2 Å². The maximum atomic E-state index is 12.0. The van der Waals surface area contributed by atoms with Crippen LogP contribution in [0.2, 0.25) is 0 Å². The van der Waals surface area contributed by atoms with Crippen LogP contribution in [0.5, 0.6) is 0 Å². The summed E-state index contributed by atoms with van der Waals surface area (Å²) < 4.78 is 1.02. The predicted octanol–water partition coefficient (Wildman–Crippen LogP) is 2.82. The number of amides is 1. The highest BCUT2D eigenvalue weighted by atomic mass is 127. The van der Waals surface area contributed by atoms with Crippen LogP contribution in [0.15, 0.2) is 18.2 Å². The minimum atomic E-state index is 0.0471. The van der Waals surface area contributed by atoms with Crippen molar-refractivity contribution in [3.63, 3.8) is 0 Å². The van der Waals surface area contributed by atoms with Crippen LogP contribution in [0.4, 0.5) is 0 Å². The van der Waals surface area contributed by atoms with Gasteiger partial charge in [0, 0.05) is 10.1 Å². The molecule has 0 unspecified atom stereocenters. The van der Waals surface area contributed by atoms with Crippen LogP contribution in [-0.2, 0) is 0 Å². The summed E-state index contributed by atoms with van der Waals surface area (Å²) in [5.74, 6) is 0.0471. The Balaban J connectivity index is 1.74. The van der Waals surface area contributed by atoms with E-state index in [1.807, 2.05) is 25.1 Å². The van der Waals surface area contributed by atoms with Crippen molar-refractivity contribution >= 4 is 28.5 Å². The zero-order valence-electron chi connectivity index (χ0n) is 11.4. The Morgan fingerprint density at radius 3 is 2.79 bits per heavy atom. The fourth-order valence-electron chi connectivity index (χ4n) is 2.41. The Morgan fingerprint density at radius 2 is 2.11 bits per heavy atom. The molecule has 1 aromatic carbocycles. The monoisotopic (exact) mass is 372 g/mol. The molecule has 0 spiro atoms. The average molecular weight is 372 g/mol. The Hall–Kier alpha value is -0.620. The molecule has 1 aromatic rings. The molecule has 0 aliphatic carbocycles. The SMILES string of the molecule is Cc1ccc(C(=O)NCCCN2CCCC2)c(I)c1. The van der Waals surface area contributed by atoms with Crippen molar-refractivity contribution in [3.8, 4) is 0 Å². The molecule has 1 fully saturated rings. The summed E-state index contributed by atoms with van der Waals surface area (Å²) in [4.78, 5) is 14.5. The van der Waals surface area contributed by atoms with E-state index in [-0.39, 0.29) is 5.91 Å². The van der Waals surface area contributed by atoms with Gasteiger partial charge < -0.3 is 10.2 Å². The first kappa shape index (κ1) is 14.8. The molecule has 1 aliphatic rings. The van der Waals surface area contributed by atoms with Gasteiger partial charge in [-0.2, -0.15) is 0 Å². The summed E-state index contributed by atoms with van der Waals surface area (Å²) in [7, 11) is 0. The third-order valence-electron chi connectivity index (χ3n) is 3.50. The zero-order chi connectivity index (χ0) is 13.7. The first-order chi connectivity index (χ1) is 9.16. The summed E-state index contributed by atoms with van der Waals surface area (Å²) in [5.41, 5.74) is 1.97. The Kier molecular flexibility index (Phi) is 5.63. The number of likely N-dealkylation sites (tertiary alicyclic amines) is 1. The lowest BCUT2D eigenvalue weighted by atomic mass is 10.1. The van der Waals surface area contributed by atoms with Crippen LogP contribution >= 0.6 is 22.6 Å². The van der Waals surface area contributed by atoms with Crippen LogP contribution in [-0.4, -0.2) is 37.0 Å². The second-order valence-electron chi connectivity index (χ2n) is 5.14. The molecule has 0 radical (unpaired) electrons. The molecule has 104 valence electrons. The van der Waals surface area contributed by atoms with E-state index in [0.29, 0.717) is 0 Å². The number of nitrogens with one attached hydrogen (secondary N) is 1. The molecule has 1 amide bonds. The van der Waals surface area contributed by atoms with Crippen molar-refractivity contribution in [2.45, 2.75) is 26.2 Å². The Bertz CT molecular complexity index is 442. The zero-order valence-corrected chi connectivity index (χ0v) is 13.6. The van der Waals surface area contributed by atoms with Crippen molar-refractivity contribution in [3.05, 3.63) is 32.9 Å². The van der Waals surface area contributed by atoms with Crippen LogP contribution < -0.4 is 5.32 Å². The highest BCUT2D eigenvalue weighted by Crippen LogP contribution is 2.14. The first-order valence-corrected chi connectivity index (χ1v) is 8.01. The van der Waals surface area contributed by atoms with Crippen LogP contribution in [0, 0.1) is 10.5 Å². The van der Waals surface area contributed by atoms with Gasteiger partial charge in [-0.3, -0.25) is 4.79 Å². The van der Waals surface area contributed by atoms with Crippen molar-refractivity contribution in [1.29, 1.82) is 0 Å². The molecular weight excluding hydrogens is 351 g/mol. The molecule has 4 heteroatoms. The topological polar surface area (TPSA) is 32.3 Å². The largest absolute Gasteiger partial charge is 0.352 e. The molecular formula is C15H21IN2O. The van der Waals surface area contributed by atoms with Gasteiger partial charge in [0.1, 0.15) is 0 Å². The molecule has 2 rings (SSSR count). The number of carbonyl (C=O) groups is 1. The van der Waals surface area contributed by atoms with E-state index in [1.54, 1.807) is 0 Å². The van der Waals surface area contributed by atoms with Gasteiger partial charge >= 0.3 is 0 Å². The van der Waals surface area contributed by atoms with Crippen molar-refractivity contribution in [2.75, 3.05) is 26.2 Å². The van der Waals surface area contributed by atoms with Crippen LogP contribution in [0.3, 0.4) is 0 Å². The quantitative estimate of drug-likeness (QED) is 0.637. The third kappa shape index (κ3) is 4.45. The molecule has 1 heterocycles. The van der Waals surface area contributed by atoms with E-state index >= 15 is 0 Å².